The highest BCUT2D eigenvalue weighted by Gasteiger charge is 2.19. The molecule has 29 heavy (non-hydrogen) atoms. The Labute approximate surface area is 179 Å². The van der Waals surface area contributed by atoms with Gasteiger partial charge in [-0.2, -0.15) is 5.10 Å². The number of nitrogens with one attached hydrogen (secondary N) is 2. The molecule has 150 valence electrons. The molecule has 0 unspecified atom stereocenters. The van der Waals surface area contributed by atoms with E-state index in [2.05, 4.69) is 35.8 Å². The van der Waals surface area contributed by atoms with Crippen LogP contribution in [0.25, 0.3) is 32.9 Å². The molecule has 0 amide bonds. The Hall–Kier alpha value is -2.23. The Bertz CT molecular complexity index is 1360. The third kappa shape index (κ3) is 3.70. The van der Waals surface area contributed by atoms with Crippen molar-refractivity contribution in [2.75, 3.05) is 10.5 Å². The molecule has 2 N–H and O–H groups in total. The molecule has 0 aliphatic carbocycles. The second kappa shape index (κ2) is 7.55. The van der Waals surface area contributed by atoms with Gasteiger partial charge in [0.05, 0.1) is 22.7 Å². The van der Waals surface area contributed by atoms with Crippen LogP contribution < -0.4 is 4.72 Å². The van der Waals surface area contributed by atoms with Crippen LogP contribution in [0.1, 0.15) is 13.3 Å². The molecule has 10 heteroatoms. The number of aromatic nitrogens is 3. The molecule has 0 radical (unpaired) electrons. The van der Waals surface area contributed by atoms with Crippen LogP contribution in [0.3, 0.4) is 0 Å². The number of halogens is 3. The summed E-state index contributed by atoms with van der Waals surface area (Å²) in [5.41, 5.74) is 1.39. The molecular weight excluding hydrogens is 483 g/mol. The number of sulfonamides is 1. The zero-order chi connectivity index (χ0) is 20.8. The van der Waals surface area contributed by atoms with E-state index in [-0.39, 0.29) is 22.0 Å². The van der Waals surface area contributed by atoms with Gasteiger partial charge in [0.15, 0.2) is 5.65 Å². The monoisotopic (exact) mass is 496 g/mol. The Morgan fingerprint density at radius 2 is 2.00 bits per heavy atom. The zero-order valence-corrected chi connectivity index (χ0v) is 18.3. The Morgan fingerprint density at radius 3 is 2.76 bits per heavy atom. The van der Waals surface area contributed by atoms with Gasteiger partial charge >= 0.3 is 0 Å². The topological polar surface area (TPSA) is 87.7 Å². The first-order valence-corrected chi connectivity index (χ1v) is 11.5. The minimum absolute atomic E-state index is 0.00232. The molecule has 2 heterocycles. The van der Waals surface area contributed by atoms with E-state index >= 15 is 0 Å². The maximum absolute atomic E-state index is 14.7. The molecule has 4 rings (SSSR count). The highest BCUT2D eigenvalue weighted by Crippen LogP contribution is 2.39. The maximum atomic E-state index is 14.7. The summed E-state index contributed by atoms with van der Waals surface area (Å²) in [5, 5.41) is 9.30. The molecule has 0 saturated carbocycles. The van der Waals surface area contributed by atoms with Crippen LogP contribution in [-0.2, 0) is 10.0 Å². The SMILES string of the molecule is CCCS(=O)(=O)Nc1ccc(F)c(-c2ccc3c(c2)c(Br)nc2[nH]ncc23)c1Cl. The Balaban J connectivity index is 1.88. The van der Waals surface area contributed by atoms with Gasteiger partial charge in [-0.25, -0.2) is 17.8 Å². The molecule has 0 atom stereocenters. The summed E-state index contributed by atoms with van der Waals surface area (Å²) in [4.78, 5) is 4.41. The van der Waals surface area contributed by atoms with Gasteiger partial charge in [0.2, 0.25) is 10.0 Å². The summed E-state index contributed by atoms with van der Waals surface area (Å²) < 4.78 is 41.9. The lowest BCUT2D eigenvalue weighted by Gasteiger charge is -2.14. The summed E-state index contributed by atoms with van der Waals surface area (Å²) in [6.07, 6.45) is 2.13. The number of hydrogen-bond donors (Lipinski definition) is 2. The van der Waals surface area contributed by atoms with Crippen molar-refractivity contribution in [3.8, 4) is 11.1 Å². The fourth-order valence-corrected chi connectivity index (χ4v) is 5.22. The van der Waals surface area contributed by atoms with Gasteiger partial charge in [0, 0.05) is 16.3 Å². The van der Waals surface area contributed by atoms with E-state index in [1.807, 2.05) is 6.07 Å². The third-order valence-corrected chi connectivity index (χ3v) is 6.95. The highest BCUT2D eigenvalue weighted by atomic mass is 79.9. The van der Waals surface area contributed by atoms with Crippen molar-refractivity contribution in [2.45, 2.75) is 13.3 Å². The summed E-state index contributed by atoms with van der Waals surface area (Å²) in [5.74, 6) is -0.605. The molecule has 0 aliphatic rings. The summed E-state index contributed by atoms with van der Waals surface area (Å²) in [6.45, 7) is 1.76. The second-order valence-electron chi connectivity index (χ2n) is 6.50. The average Bonchev–Trinajstić information content (AvgIpc) is 3.13. The van der Waals surface area contributed by atoms with Crippen molar-refractivity contribution in [3.05, 3.63) is 52.0 Å². The number of anilines is 1. The fraction of sp³-hybridized carbons (Fsp3) is 0.158. The maximum Gasteiger partial charge on any atom is 0.232 e. The van der Waals surface area contributed by atoms with Crippen LogP contribution in [0.5, 0.6) is 0 Å². The smallest absolute Gasteiger partial charge is 0.232 e. The van der Waals surface area contributed by atoms with Gasteiger partial charge in [-0.3, -0.25) is 9.82 Å². The van der Waals surface area contributed by atoms with E-state index < -0.39 is 15.8 Å². The molecule has 0 aliphatic heterocycles. The van der Waals surface area contributed by atoms with Gasteiger partial charge in [-0.05, 0) is 51.5 Å². The Morgan fingerprint density at radius 1 is 1.21 bits per heavy atom. The Kier molecular flexibility index (Phi) is 5.22. The molecule has 0 bridgehead atoms. The van der Waals surface area contributed by atoms with E-state index in [1.165, 1.54) is 12.1 Å². The van der Waals surface area contributed by atoms with Gasteiger partial charge in [0.1, 0.15) is 10.4 Å². The van der Waals surface area contributed by atoms with Crippen molar-refractivity contribution in [1.82, 2.24) is 15.2 Å². The zero-order valence-electron chi connectivity index (χ0n) is 15.1. The van der Waals surface area contributed by atoms with E-state index in [1.54, 1.807) is 25.3 Å². The molecule has 2 aromatic heterocycles. The van der Waals surface area contributed by atoms with Gasteiger partial charge < -0.3 is 0 Å². The number of benzene rings is 2. The lowest BCUT2D eigenvalue weighted by molar-refractivity contribution is 0.599. The number of H-pyrrole nitrogens is 1. The molecule has 2 aromatic carbocycles. The second-order valence-corrected chi connectivity index (χ2v) is 9.47. The van der Waals surface area contributed by atoms with Crippen LogP contribution in [0.4, 0.5) is 10.1 Å². The summed E-state index contributed by atoms with van der Waals surface area (Å²) in [6, 6.07) is 7.84. The third-order valence-electron chi connectivity index (χ3n) is 4.48. The van der Waals surface area contributed by atoms with Crippen molar-refractivity contribution in [1.29, 1.82) is 0 Å². The standard InChI is InChI=1S/C19H15BrClFN4O2S/c1-2-7-29(27,28)26-15-6-5-14(22)16(17(15)21)10-3-4-11-12(8-10)18(20)24-19-13(11)9-23-25-19/h3-6,8-9,26H,2,7H2,1H3,(H,23,24,25). The quantitative estimate of drug-likeness (QED) is 0.357. The molecule has 4 aromatic rings. The van der Waals surface area contributed by atoms with Crippen LogP contribution >= 0.6 is 27.5 Å². The molecule has 0 saturated heterocycles. The summed E-state index contributed by atoms with van der Waals surface area (Å²) >= 11 is 9.85. The molecule has 6 nitrogen and oxygen atoms in total. The first kappa shape index (κ1) is 20.1. The lowest BCUT2D eigenvalue weighted by Crippen LogP contribution is -2.16. The predicted octanol–water partition coefficient (Wildman–Crippen LogP) is 5.48. The minimum atomic E-state index is -3.56. The van der Waals surface area contributed by atoms with Crippen molar-refractivity contribution >= 4 is 65.0 Å². The van der Waals surface area contributed by atoms with E-state index in [4.69, 9.17) is 11.6 Å². The molecule has 0 fully saturated rings. The van der Waals surface area contributed by atoms with Crippen LogP contribution in [0.15, 0.2) is 41.1 Å². The van der Waals surface area contributed by atoms with E-state index in [0.29, 0.717) is 22.2 Å². The van der Waals surface area contributed by atoms with E-state index in [9.17, 15) is 12.8 Å². The van der Waals surface area contributed by atoms with Crippen molar-refractivity contribution in [3.63, 3.8) is 0 Å². The fourth-order valence-electron chi connectivity index (χ4n) is 3.21. The number of hydrogen-bond acceptors (Lipinski definition) is 4. The lowest BCUT2D eigenvalue weighted by atomic mass is 10.00. The number of rotatable bonds is 5. The van der Waals surface area contributed by atoms with E-state index in [0.717, 1.165) is 16.2 Å². The number of aromatic amines is 1. The minimum Gasteiger partial charge on any atom is -0.282 e. The molecule has 0 spiro atoms. The van der Waals surface area contributed by atoms with Gasteiger partial charge in [-0.1, -0.05) is 30.7 Å². The molecular formula is C19H15BrClFN4O2S. The average molecular weight is 498 g/mol. The van der Waals surface area contributed by atoms with Gasteiger partial charge in [0.25, 0.3) is 0 Å². The van der Waals surface area contributed by atoms with Crippen LogP contribution in [-0.4, -0.2) is 29.4 Å². The van der Waals surface area contributed by atoms with Crippen LogP contribution in [0, 0.1) is 5.82 Å². The van der Waals surface area contributed by atoms with Crippen molar-refractivity contribution < 1.29 is 12.8 Å². The first-order valence-electron chi connectivity index (χ1n) is 8.72. The van der Waals surface area contributed by atoms with Gasteiger partial charge in [-0.15, -0.1) is 0 Å². The highest BCUT2D eigenvalue weighted by molar-refractivity contribution is 9.10. The normalized spacial score (nSPS) is 12.0. The van der Waals surface area contributed by atoms with Crippen LogP contribution in [0.2, 0.25) is 5.02 Å². The predicted molar refractivity (Wildman–Crippen MR) is 117 cm³/mol. The first-order chi connectivity index (χ1) is 13.8. The van der Waals surface area contributed by atoms with Crippen molar-refractivity contribution in [2.24, 2.45) is 0 Å². The number of fused-ring (bicyclic) bond motifs is 3. The number of pyridine rings is 1. The number of nitrogens with zero attached hydrogens (tertiary/aromatic N) is 2. The largest absolute Gasteiger partial charge is 0.282 e. The summed E-state index contributed by atoms with van der Waals surface area (Å²) in [7, 11) is -3.56.